The summed E-state index contributed by atoms with van der Waals surface area (Å²) in [5.74, 6) is -0.971. The Morgan fingerprint density at radius 2 is 1.48 bits per heavy atom. The summed E-state index contributed by atoms with van der Waals surface area (Å²) in [6, 6.07) is 6.66. The molecule has 1 aliphatic heterocycles. The number of unbranched alkanes of at least 4 members (excludes halogenated alkanes) is 10. The van der Waals surface area contributed by atoms with Crippen molar-refractivity contribution in [1.29, 1.82) is 0 Å². The zero-order valence-corrected chi connectivity index (χ0v) is 16.8. The minimum Gasteiger partial charge on any atom is -0.479 e. The van der Waals surface area contributed by atoms with Crippen molar-refractivity contribution in [3.63, 3.8) is 0 Å². The molecule has 0 aliphatic carbocycles. The van der Waals surface area contributed by atoms with Gasteiger partial charge in [-0.3, -0.25) is 4.79 Å². The number of carboxylic acids is 1. The molecule has 1 N–H and O–H groups in total. The van der Waals surface area contributed by atoms with Crippen LogP contribution in [0.5, 0.6) is 0 Å². The molecule has 1 aliphatic rings. The second-order valence-corrected chi connectivity index (χ2v) is 7.75. The van der Waals surface area contributed by atoms with Gasteiger partial charge in [-0.1, -0.05) is 95.4 Å². The van der Waals surface area contributed by atoms with Gasteiger partial charge in [0.2, 0.25) is 5.91 Å². The molecule has 4 nitrogen and oxygen atoms in total. The van der Waals surface area contributed by atoms with Crippen molar-refractivity contribution in [3.05, 3.63) is 35.4 Å². The van der Waals surface area contributed by atoms with E-state index in [9.17, 15) is 14.7 Å². The molecular weight excluding hydrogens is 338 g/mol. The SMILES string of the molecule is CCCCCCCCCCCCCC(=O)N1Cc2ccccc2C1C(=O)O. The Morgan fingerprint density at radius 1 is 0.926 bits per heavy atom. The molecule has 1 aromatic rings. The molecule has 2 rings (SSSR count). The van der Waals surface area contributed by atoms with Gasteiger partial charge in [0.25, 0.3) is 0 Å². The zero-order chi connectivity index (χ0) is 19.5. The molecule has 1 unspecified atom stereocenters. The van der Waals surface area contributed by atoms with Crippen molar-refractivity contribution in [1.82, 2.24) is 4.90 Å². The quantitative estimate of drug-likeness (QED) is 0.441. The molecule has 4 heteroatoms. The summed E-state index contributed by atoms with van der Waals surface area (Å²) in [5.41, 5.74) is 1.72. The van der Waals surface area contributed by atoms with Crippen LogP contribution < -0.4 is 0 Å². The molecule has 27 heavy (non-hydrogen) atoms. The minimum absolute atomic E-state index is 0.0328. The van der Waals surface area contributed by atoms with E-state index >= 15 is 0 Å². The number of carbonyl (C=O) groups excluding carboxylic acids is 1. The first-order valence-electron chi connectivity index (χ1n) is 10.7. The fraction of sp³-hybridized carbons (Fsp3) is 0.652. The molecule has 0 fully saturated rings. The molecule has 1 heterocycles. The highest BCUT2D eigenvalue weighted by molar-refractivity contribution is 5.86. The molecule has 0 bridgehead atoms. The smallest absolute Gasteiger partial charge is 0.331 e. The van der Waals surface area contributed by atoms with Crippen LogP contribution in [0, 0.1) is 0 Å². The van der Waals surface area contributed by atoms with Gasteiger partial charge in [-0.05, 0) is 17.5 Å². The van der Waals surface area contributed by atoms with Crippen LogP contribution in [0.4, 0.5) is 0 Å². The number of nitrogens with zero attached hydrogens (tertiary/aromatic N) is 1. The second-order valence-electron chi connectivity index (χ2n) is 7.75. The van der Waals surface area contributed by atoms with Gasteiger partial charge in [-0.15, -0.1) is 0 Å². The van der Waals surface area contributed by atoms with Gasteiger partial charge in [-0.25, -0.2) is 4.79 Å². The first-order chi connectivity index (χ1) is 13.1. The van der Waals surface area contributed by atoms with E-state index in [2.05, 4.69) is 6.92 Å². The summed E-state index contributed by atoms with van der Waals surface area (Å²) in [4.78, 5) is 25.7. The van der Waals surface area contributed by atoms with Crippen molar-refractivity contribution < 1.29 is 14.7 Å². The van der Waals surface area contributed by atoms with Gasteiger partial charge in [-0.2, -0.15) is 0 Å². The predicted molar refractivity (Wildman–Crippen MR) is 108 cm³/mol. The highest BCUT2D eigenvalue weighted by Crippen LogP contribution is 2.34. The first-order valence-corrected chi connectivity index (χ1v) is 10.7. The number of carbonyl (C=O) groups is 2. The minimum atomic E-state index is -0.938. The first kappa shape index (κ1) is 21.5. The lowest BCUT2D eigenvalue weighted by Crippen LogP contribution is -2.33. The largest absolute Gasteiger partial charge is 0.479 e. The van der Waals surface area contributed by atoms with Crippen molar-refractivity contribution in [2.45, 2.75) is 96.6 Å². The maximum absolute atomic E-state index is 12.6. The summed E-state index contributed by atoms with van der Waals surface area (Å²) in [7, 11) is 0. The Balaban J connectivity index is 1.60. The number of rotatable bonds is 13. The molecule has 0 saturated carbocycles. The van der Waals surface area contributed by atoms with E-state index in [0.29, 0.717) is 13.0 Å². The fourth-order valence-corrected chi connectivity index (χ4v) is 3.97. The van der Waals surface area contributed by atoms with Crippen LogP contribution in [0.25, 0.3) is 0 Å². The average molecular weight is 374 g/mol. The molecule has 0 aromatic heterocycles. The van der Waals surface area contributed by atoms with Crippen LogP contribution in [0.1, 0.15) is 101 Å². The Morgan fingerprint density at radius 3 is 2.07 bits per heavy atom. The van der Waals surface area contributed by atoms with E-state index in [1.54, 1.807) is 0 Å². The van der Waals surface area contributed by atoms with Crippen molar-refractivity contribution in [2.75, 3.05) is 0 Å². The van der Waals surface area contributed by atoms with Gasteiger partial charge in [0.05, 0.1) is 0 Å². The van der Waals surface area contributed by atoms with Crippen LogP contribution in [-0.2, 0) is 16.1 Å². The third kappa shape index (κ3) is 6.67. The van der Waals surface area contributed by atoms with E-state index in [1.165, 1.54) is 62.7 Å². The average Bonchev–Trinajstić information content (AvgIpc) is 3.06. The monoisotopic (exact) mass is 373 g/mol. The lowest BCUT2D eigenvalue weighted by Gasteiger charge is -2.22. The maximum Gasteiger partial charge on any atom is 0.331 e. The van der Waals surface area contributed by atoms with Crippen molar-refractivity contribution in [3.8, 4) is 0 Å². The Labute approximate surface area is 164 Å². The zero-order valence-electron chi connectivity index (χ0n) is 16.8. The van der Waals surface area contributed by atoms with Crippen molar-refractivity contribution in [2.24, 2.45) is 0 Å². The summed E-state index contributed by atoms with van der Waals surface area (Å²) < 4.78 is 0. The lowest BCUT2D eigenvalue weighted by molar-refractivity contribution is -0.150. The fourth-order valence-electron chi connectivity index (χ4n) is 3.97. The van der Waals surface area contributed by atoms with Gasteiger partial charge in [0.1, 0.15) is 0 Å². The van der Waals surface area contributed by atoms with Crippen LogP contribution in [-0.4, -0.2) is 21.9 Å². The molecule has 1 amide bonds. The summed E-state index contributed by atoms with van der Waals surface area (Å²) >= 11 is 0. The van der Waals surface area contributed by atoms with Crippen LogP contribution >= 0.6 is 0 Å². The number of hydrogen-bond acceptors (Lipinski definition) is 2. The van der Waals surface area contributed by atoms with E-state index in [0.717, 1.165) is 24.0 Å². The molecule has 1 atom stereocenters. The topological polar surface area (TPSA) is 57.6 Å². The van der Waals surface area contributed by atoms with Gasteiger partial charge in [0, 0.05) is 13.0 Å². The highest BCUT2D eigenvalue weighted by atomic mass is 16.4. The Hall–Kier alpha value is -1.84. The molecule has 0 spiro atoms. The van der Waals surface area contributed by atoms with E-state index in [-0.39, 0.29) is 5.91 Å². The highest BCUT2D eigenvalue weighted by Gasteiger charge is 2.37. The number of carboxylic acid groups (broad SMARTS) is 1. The Bertz CT molecular complexity index is 599. The Kier molecular flexibility index (Phi) is 9.37. The lowest BCUT2D eigenvalue weighted by atomic mass is 10.0. The van der Waals surface area contributed by atoms with E-state index < -0.39 is 12.0 Å². The second kappa shape index (κ2) is 11.8. The predicted octanol–water partition coefficient (Wildman–Crippen LogP) is 5.86. The number of benzene rings is 1. The summed E-state index contributed by atoms with van der Waals surface area (Å²) in [6.07, 6.45) is 14.2. The standard InChI is InChI=1S/C23H35NO3/c1-2-3-4-5-6-7-8-9-10-11-12-17-21(25)24-18-19-15-13-14-16-20(19)22(24)23(26)27/h13-16,22H,2-12,17-18H2,1H3,(H,26,27). The molecule has 1 aromatic carbocycles. The molecular formula is C23H35NO3. The maximum atomic E-state index is 12.6. The molecule has 150 valence electrons. The summed E-state index contributed by atoms with van der Waals surface area (Å²) in [5, 5.41) is 9.55. The number of hydrogen-bond donors (Lipinski definition) is 1. The molecule has 0 radical (unpaired) electrons. The van der Waals surface area contributed by atoms with Gasteiger partial charge in [0.15, 0.2) is 6.04 Å². The van der Waals surface area contributed by atoms with Gasteiger partial charge >= 0.3 is 5.97 Å². The van der Waals surface area contributed by atoms with Crippen LogP contribution in [0.3, 0.4) is 0 Å². The third-order valence-corrected chi connectivity index (χ3v) is 5.55. The van der Waals surface area contributed by atoms with Crippen LogP contribution in [0.2, 0.25) is 0 Å². The normalized spacial score (nSPS) is 15.7. The third-order valence-electron chi connectivity index (χ3n) is 5.55. The number of amides is 1. The van der Waals surface area contributed by atoms with Crippen molar-refractivity contribution >= 4 is 11.9 Å². The van der Waals surface area contributed by atoms with E-state index in [1.807, 2.05) is 24.3 Å². The number of aliphatic carboxylic acids is 1. The molecule has 0 saturated heterocycles. The number of fused-ring (bicyclic) bond motifs is 1. The van der Waals surface area contributed by atoms with Gasteiger partial charge < -0.3 is 10.0 Å². The van der Waals surface area contributed by atoms with Crippen LogP contribution in [0.15, 0.2) is 24.3 Å². The summed E-state index contributed by atoms with van der Waals surface area (Å²) in [6.45, 7) is 2.67. The van der Waals surface area contributed by atoms with E-state index in [4.69, 9.17) is 0 Å².